The van der Waals surface area contributed by atoms with Gasteiger partial charge >= 0.3 is 0 Å². The number of phenolic OH excluding ortho intramolecular Hbond substituents is 1. The van der Waals surface area contributed by atoms with Gasteiger partial charge in [0.1, 0.15) is 11.6 Å². The molecule has 100 valence electrons. The summed E-state index contributed by atoms with van der Waals surface area (Å²) in [5.41, 5.74) is -0.0254. The smallest absolute Gasteiger partial charge is 0.255 e. The van der Waals surface area contributed by atoms with Gasteiger partial charge in [-0.25, -0.2) is 4.39 Å². The van der Waals surface area contributed by atoms with E-state index in [0.29, 0.717) is 6.54 Å². The van der Waals surface area contributed by atoms with Crippen molar-refractivity contribution in [1.29, 1.82) is 0 Å². The van der Waals surface area contributed by atoms with E-state index in [1.54, 1.807) is 0 Å². The number of carbonyl (C=O) groups is 1. The number of aromatic hydroxyl groups is 1. The predicted molar refractivity (Wildman–Crippen MR) is 68.2 cm³/mol. The molecule has 0 radical (unpaired) electrons. The highest BCUT2D eigenvalue weighted by molar-refractivity contribution is 5.96. The molecule has 0 spiro atoms. The third-order valence-corrected chi connectivity index (χ3v) is 2.52. The van der Waals surface area contributed by atoms with Gasteiger partial charge in [-0.15, -0.1) is 0 Å². The average molecular weight is 254 g/mol. The number of unbranched alkanes of at least 4 members (excludes halogenated alkanes) is 1. The second-order valence-corrected chi connectivity index (χ2v) is 4.43. The van der Waals surface area contributed by atoms with E-state index >= 15 is 0 Å². The highest BCUT2D eigenvalue weighted by atomic mass is 19.1. The minimum absolute atomic E-state index is 0.0254. The van der Waals surface area contributed by atoms with Gasteiger partial charge in [-0.3, -0.25) is 4.79 Å². The van der Waals surface area contributed by atoms with E-state index < -0.39 is 11.7 Å². The summed E-state index contributed by atoms with van der Waals surface area (Å²) >= 11 is 0. The van der Waals surface area contributed by atoms with Gasteiger partial charge in [0.25, 0.3) is 5.91 Å². The molecule has 0 heterocycles. The van der Waals surface area contributed by atoms with Gasteiger partial charge in [0.15, 0.2) is 0 Å². The average Bonchev–Trinajstić information content (AvgIpc) is 2.31. The van der Waals surface area contributed by atoms with E-state index in [1.165, 1.54) is 6.07 Å². The second kappa shape index (κ2) is 6.96. The highest BCUT2D eigenvalue weighted by Crippen LogP contribution is 2.17. The van der Waals surface area contributed by atoms with Gasteiger partial charge in [-0.2, -0.15) is 0 Å². The lowest BCUT2D eigenvalue weighted by Gasteiger charge is -2.10. The molecule has 18 heavy (non-hydrogen) atoms. The molecular weight excluding hydrogens is 235 g/mol. The predicted octanol–water partition coefficient (Wildman–Crippen LogP) is 1.60. The zero-order valence-electron chi connectivity index (χ0n) is 10.7. The summed E-state index contributed by atoms with van der Waals surface area (Å²) in [5, 5.41) is 12.1. The molecule has 1 aromatic carbocycles. The summed E-state index contributed by atoms with van der Waals surface area (Å²) in [6, 6.07) is 3.32. The Kier molecular flexibility index (Phi) is 5.58. The Morgan fingerprint density at radius 3 is 2.78 bits per heavy atom. The van der Waals surface area contributed by atoms with Crippen LogP contribution in [0, 0.1) is 5.82 Å². The third-order valence-electron chi connectivity index (χ3n) is 2.52. The molecule has 0 unspecified atom stereocenters. The van der Waals surface area contributed by atoms with Crippen molar-refractivity contribution in [1.82, 2.24) is 10.2 Å². The minimum atomic E-state index is -0.537. The molecule has 0 bridgehead atoms. The van der Waals surface area contributed by atoms with Crippen LogP contribution in [0.2, 0.25) is 0 Å². The quantitative estimate of drug-likeness (QED) is 0.758. The lowest BCUT2D eigenvalue weighted by Crippen LogP contribution is -2.25. The lowest BCUT2D eigenvalue weighted by atomic mass is 10.2. The summed E-state index contributed by atoms with van der Waals surface area (Å²) in [6.07, 6.45) is 1.82. The largest absolute Gasteiger partial charge is 0.507 e. The second-order valence-electron chi connectivity index (χ2n) is 4.43. The summed E-state index contributed by atoms with van der Waals surface area (Å²) < 4.78 is 12.9. The number of carbonyl (C=O) groups excluding carboxylic acids is 1. The first-order valence-corrected chi connectivity index (χ1v) is 5.92. The molecule has 0 aliphatic heterocycles. The van der Waals surface area contributed by atoms with Crippen molar-refractivity contribution >= 4 is 5.91 Å². The summed E-state index contributed by atoms with van der Waals surface area (Å²) in [6.45, 7) is 1.48. The maximum Gasteiger partial charge on any atom is 0.255 e. The number of hydrogen-bond donors (Lipinski definition) is 2. The summed E-state index contributed by atoms with van der Waals surface area (Å²) in [5.74, 6) is -1.19. The first-order chi connectivity index (χ1) is 8.50. The van der Waals surface area contributed by atoms with Crippen molar-refractivity contribution in [3.63, 3.8) is 0 Å². The molecule has 4 nitrogen and oxygen atoms in total. The van der Waals surface area contributed by atoms with Crippen LogP contribution in [-0.2, 0) is 0 Å². The van der Waals surface area contributed by atoms with Gasteiger partial charge in [-0.1, -0.05) is 0 Å². The Morgan fingerprint density at radius 1 is 1.39 bits per heavy atom. The third kappa shape index (κ3) is 4.71. The number of nitrogens with zero attached hydrogens (tertiary/aromatic N) is 1. The van der Waals surface area contributed by atoms with Crippen molar-refractivity contribution < 1.29 is 14.3 Å². The van der Waals surface area contributed by atoms with E-state index in [2.05, 4.69) is 10.2 Å². The topological polar surface area (TPSA) is 52.6 Å². The molecule has 0 fully saturated rings. The summed E-state index contributed by atoms with van der Waals surface area (Å²) in [7, 11) is 3.98. The standard InChI is InChI=1S/C13H19FN2O2/c1-16(2)8-4-3-7-15-13(18)11-9-10(14)5-6-12(11)17/h5-6,9,17H,3-4,7-8H2,1-2H3,(H,15,18). The maximum absolute atomic E-state index is 12.9. The fraction of sp³-hybridized carbons (Fsp3) is 0.462. The summed E-state index contributed by atoms with van der Waals surface area (Å²) in [4.78, 5) is 13.7. The van der Waals surface area contributed by atoms with E-state index in [1.807, 2.05) is 14.1 Å². The van der Waals surface area contributed by atoms with Crippen LogP contribution in [0.15, 0.2) is 18.2 Å². The van der Waals surface area contributed by atoms with Crippen LogP contribution in [0.1, 0.15) is 23.2 Å². The monoisotopic (exact) mass is 254 g/mol. The van der Waals surface area contributed by atoms with Crippen molar-refractivity contribution in [2.45, 2.75) is 12.8 Å². The van der Waals surface area contributed by atoms with E-state index in [-0.39, 0.29) is 11.3 Å². The molecule has 0 aliphatic carbocycles. The zero-order chi connectivity index (χ0) is 13.5. The number of nitrogens with one attached hydrogen (secondary N) is 1. The van der Waals surface area contributed by atoms with Gasteiger partial charge in [-0.05, 0) is 51.7 Å². The van der Waals surface area contributed by atoms with Crippen molar-refractivity contribution in [3.05, 3.63) is 29.6 Å². The molecule has 1 rings (SSSR count). The van der Waals surface area contributed by atoms with Crippen LogP contribution < -0.4 is 5.32 Å². The molecule has 0 saturated heterocycles. The zero-order valence-corrected chi connectivity index (χ0v) is 10.7. The number of amides is 1. The van der Waals surface area contributed by atoms with Crippen LogP contribution in [0.5, 0.6) is 5.75 Å². The fourth-order valence-corrected chi connectivity index (χ4v) is 1.54. The number of halogens is 1. The Hall–Kier alpha value is -1.62. The lowest BCUT2D eigenvalue weighted by molar-refractivity contribution is 0.0949. The Bertz CT molecular complexity index is 408. The Balaban J connectivity index is 2.39. The van der Waals surface area contributed by atoms with Crippen LogP contribution in [0.25, 0.3) is 0 Å². The Morgan fingerprint density at radius 2 is 2.11 bits per heavy atom. The number of benzene rings is 1. The molecule has 1 aromatic rings. The van der Waals surface area contributed by atoms with Crippen LogP contribution in [0.3, 0.4) is 0 Å². The van der Waals surface area contributed by atoms with Crippen LogP contribution in [0.4, 0.5) is 4.39 Å². The van der Waals surface area contributed by atoms with Gasteiger partial charge in [0.05, 0.1) is 5.56 Å². The molecule has 5 heteroatoms. The van der Waals surface area contributed by atoms with E-state index in [0.717, 1.165) is 31.5 Å². The molecule has 0 aromatic heterocycles. The van der Waals surface area contributed by atoms with Crippen LogP contribution >= 0.6 is 0 Å². The number of phenols is 1. The van der Waals surface area contributed by atoms with Gasteiger partial charge in [0.2, 0.25) is 0 Å². The maximum atomic E-state index is 12.9. The first-order valence-electron chi connectivity index (χ1n) is 5.92. The number of hydrogen-bond acceptors (Lipinski definition) is 3. The molecule has 0 atom stereocenters. The van der Waals surface area contributed by atoms with E-state index in [9.17, 15) is 14.3 Å². The van der Waals surface area contributed by atoms with Crippen molar-refractivity contribution in [3.8, 4) is 5.75 Å². The Labute approximate surface area is 106 Å². The molecule has 2 N–H and O–H groups in total. The minimum Gasteiger partial charge on any atom is -0.507 e. The van der Waals surface area contributed by atoms with Crippen LogP contribution in [-0.4, -0.2) is 43.1 Å². The van der Waals surface area contributed by atoms with Gasteiger partial charge in [0, 0.05) is 6.54 Å². The molecule has 1 amide bonds. The van der Waals surface area contributed by atoms with E-state index in [4.69, 9.17) is 0 Å². The van der Waals surface area contributed by atoms with Gasteiger partial charge < -0.3 is 15.3 Å². The number of rotatable bonds is 6. The normalized spacial score (nSPS) is 10.7. The van der Waals surface area contributed by atoms with Crippen molar-refractivity contribution in [2.24, 2.45) is 0 Å². The molecular formula is C13H19FN2O2. The van der Waals surface area contributed by atoms with Crippen molar-refractivity contribution in [2.75, 3.05) is 27.2 Å². The highest BCUT2D eigenvalue weighted by Gasteiger charge is 2.11. The SMILES string of the molecule is CN(C)CCCCNC(=O)c1cc(F)ccc1O. The fourth-order valence-electron chi connectivity index (χ4n) is 1.54. The molecule has 0 aliphatic rings. The first kappa shape index (κ1) is 14.4. The molecule has 0 saturated carbocycles.